The number of rotatable bonds is 4. The number of aliphatic carboxylic acids is 1. The molecule has 166 valence electrons. The molecule has 2 aliphatic rings. The Balaban J connectivity index is 1.66. The van der Waals surface area contributed by atoms with Gasteiger partial charge in [0.25, 0.3) is 0 Å². The Kier molecular flexibility index (Phi) is 6.82. The molecule has 3 rings (SSSR count). The molecule has 1 saturated carbocycles. The SMILES string of the molecule is CC(C)(C)OC(=O)N1CCC2(CC1)CCC(OCC(=O)O)(c1ccc(Br)cc1)CC2. The number of carbonyl (C=O) groups is 2. The number of nitrogens with zero attached hydrogens (tertiary/aromatic N) is 1. The largest absolute Gasteiger partial charge is 0.480 e. The third-order valence-electron chi connectivity index (χ3n) is 6.44. The summed E-state index contributed by atoms with van der Waals surface area (Å²) in [6.45, 7) is 6.77. The standard InChI is InChI=1S/C23H32BrNO5/c1-21(2,3)30-20(28)25-14-12-22(13-15-25)8-10-23(11-9-22,29-16-19(26)27)17-4-6-18(24)7-5-17/h4-7H,8-16H2,1-3H3,(H,26,27). The van der Waals surface area contributed by atoms with Crippen molar-refractivity contribution in [2.75, 3.05) is 19.7 Å². The Labute approximate surface area is 187 Å². The monoisotopic (exact) mass is 481 g/mol. The van der Waals surface area contributed by atoms with Gasteiger partial charge in [-0.1, -0.05) is 28.1 Å². The van der Waals surface area contributed by atoms with Gasteiger partial charge in [0.2, 0.25) is 0 Å². The van der Waals surface area contributed by atoms with Gasteiger partial charge in [-0.2, -0.15) is 0 Å². The predicted molar refractivity (Wildman–Crippen MR) is 117 cm³/mol. The first-order valence-electron chi connectivity index (χ1n) is 10.6. The highest BCUT2D eigenvalue weighted by Gasteiger charge is 2.46. The number of likely N-dealkylation sites (tertiary alicyclic amines) is 1. The minimum atomic E-state index is -0.947. The molecule has 1 aromatic carbocycles. The maximum absolute atomic E-state index is 12.4. The first-order valence-corrected chi connectivity index (χ1v) is 11.4. The lowest BCUT2D eigenvalue weighted by molar-refractivity contribution is -0.157. The van der Waals surface area contributed by atoms with Crippen LogP contribution in [-0.2, 0) is 19.9 Å². The van der Waals surface area contributed by atoms with Crippen molar-refractivity contribution >= 4 is 28.0 Å². The molecule has 0 unspecified atom stereocenters. The minimum absolute atomic E-state index is 0.184. The van der Waals surface area contributed by atoms with Gasteiger partial charge >= 0.3 is 12.1 Å². The quantitative estimate of drug-likeness (QED) is 0.627. The van der Waals surface area contributed by atoms with Crippen molar-refractivity contribution < 1.29 is 24.2 Å². The minimum Gasteiger partial charge on any atom is -0.480 e. The zero-order valence-corrected chi connectivity index (χ0v) is 19.7. The number of halogens is 1. The zero-order valence-electron chi connectivity index (χ0n) is 18.1. The van der Waals surface area contributed by atoms with E-state index in [-0.39, 0.29) is 18.1 Å². The van der Waals surface area contributed by atoms with Crippen LogP contribution < -0.4 is 0 Å². The Morgan fingerprint density at radius 3 is 2.10 bits per heavy atom. The normalized spacial score (nSPS) is 20.7. The van der Waals surface area contributed by atoms with E-state index in [4.69, 9.17) is 9.47 Å². The van der Waals surface area contributed by atoms with Crippen LogP contribution in [0, 0.1) is 5.41 Å². The number of ether oxygens (including phenoxy) is 2. The number of hydrogen-bond donors (Lipinski definition) is 1. The van der Waals surface area contributed by atoms with Gasteiger partial charge in [-0.25, -0.2) is 9.59 Å². The first-order chi connectivity index (χ1) is 14.0. The highest BCUT2D eigenvalue weighted by Crippen LogP contribution is 2.52. The molecular weight excluding hydrogens is 450 g/mol. The van der Waals surface area contributed by atoms with Crippen LogP contribution in [0.15, 0.2) is 28.7 Å². The maximum Gasteiger partial charge on any atom is 0.410 e. The average molecular weight is 482 g/mol. The molecule has 1 N–H and O–H groups in total. The lowest BCUT2D eigenvalue weighted by Crippen LogP contribution is -2.48. The van der Waals surface area contributed by atoms with Crippen LogP contribution in [0.4, 0.5) is 4.79 Å². The van der Waals surface area contributed by atoms with E-state index in [0.717, 1.165) is 48.6 Å². The molecule has 1 amide bonds. The molecule has 0 atom stereocenters. The summed E-state index contributed by atoms with van der Waals surface area (Å²) in [6.07, 6.45) is 5.16. The van der Waals surface area contributed by atoms with Crippen LogP contribution in [0.25, 0.3) is 0 Å². The van der Waals surface area contributed by atoms with Gasteiger partial charge < -0.3 is 19.5 Å². The smallest absolute Gasteiger partial charge is 0.410 e. The molecular formula is C23H32BrNO5. The summed E-state index contributed by atoms with van der Waals surface area (Å²) in [5.41, 5.74) is 0.173. The number of benzene rings is 1. The molecule has 1 aliphatic carbocycles. The van der Waals surface area contributed by atoms with E-state index in [2.05, 4.69) is 15.9 Å². The fourth-order valence-electron chi connectivity index (χ4n) is 4.64. The molecule has 1 spiro atoms. The molecule has 1 heterocycles. The van der Waals surface area contributed by atoms with Gasteiger partial charge in [0.1, 0.15) is 12.2 Å². The predicted octanol–water partition coefficient (Wildman–Crippen LogP) is 5.34. The first kappa shape index (κ1) is 23.1. The second-order valence-electron chi connectivity index (χ2n) is 9.65. The van der Waals surface area contributed by atoms with E-state index >= 15 is 0 Å². The van der Waals surface area contributed by atoms with Crippen LogP contribution in [-0.4, -0.2) is 47.4 Å². The Hall–Kier alpha value is -1.60. The molecule has 1 aliphatic heterocycles. The molecule has 2 fully saturated rings. The van der Waals surface area contributed by atoms with E-state index in [1.165, 1.54) is 0 Å². The number of amides is 1. The fourth-order valence-corrected chi connectivity index (χ4v) is 4.91. The summed E-state index contributed by atoms with van der Waals surface area (Å²) in [7, 11) is 0. The van der Waals surface area contributed by atoms with E-state index in [9.17, 15) is 14.7 Å². The Morgan fingerprint density at radius 2 is 1.60 bits per heavy atom. The van der Waals surface area contributed by atoms with Gasteiger partial charge in [-0.3, -0.25) is 0 Å². The molecule has 30 heavy (non-hydrogen) atoms. The van der Waals surface area contributed by atoms with Gasteiger partial charge in [-0.05, 0) is 82.4 Å². The number of carboxylic acids is 1. The van der Waals surface area contributed by atoms with Gasteiger partial charge in [0.05, 0.1) is 5.60 Å². The molecule has 0 aromatic heterocycles. The van der Waals surface area contributed by atoms with Crippen molar-refractivity contribution in [3.63, 3.8) is 0 Å². The summed E-state index contributed by atoms with van der Waals surface area (Å²) in [5.74, 6) is -0.947. The van der Waals surface area contributed by atoms with Gasteiger partial charge in [-0.15, -0.1) is 0 Å². The fraction of sp³-hybridized carbons (Fsp3) is 0.652. The van der Waals surface area contributed by atoms with Crippen molar-refractivity contribution in [3.8, 4) is 0 Å². The molecule has 0 bridgehead atoms. The van der Waals surface area contributed by atoms with Crippen LogP contribution in [0.5, 0.6) is 0 Å². The van der Waals surface area contributed by atoms with E-state index in [0.29, 0.717) is 13.1 Å². The molecule has 6 nitrogen and oxygen atoms in total. The summed E-state index contributed by atoms with van der Waals surface area (Å²) in [4.78, 5) is 25.4. The van der Waals surface area contributed by atoms with Gasteiger partial charge in [0.15, 0.2) is 0 Å². The highest BCUT2D eigenvalue weighted by atomic mass is 79.9. The lowest BCUT2D eigenvalue weighted by Gasteiger charge is -2.49. The average Bonchev–Trinajstić information content (AvgIpc) is 2.68. The summed E-state index contributed by atoms with van der Waals surface area (Å²) in [5, 5.41) is 9.17. The van der Waals surface area contributed by atoms with Crippen LogP contribution in [0.2, 0.25) is 0 Å². The van der Waals surface area contributed by atoms with Crippen LogP contribution in [0.3, 0.4) is 0 Å². The zero-order chi connectivity index (χ0) is 22.0. The van der Waals surface area contributed by atoms with Crippen LogP contribution in [0.1, 0.15) is 64.9 Å². The molecule has 7 heteroatoms. The Morgan fingerprint density at radius 1 is 1.03 bits per heavy atom. The van der Waals surface area contributed by atoms with Crippen molar-refractivity contribution in [1.29, 1.82) is 0 Å². The van der Waals surface area contributed by atoms with Gasteiger partial charge in [0, 0.05) is 17.6 Å². The second kappa shape index (κ2) is 8.87. The Bertz CT molecular complexity index is 753. The number of carboxylic acid groups (broad SMARTS) is 1. The maximum atomic E-state index is 12.4. The number of carbonyl (C=O) groups excluding carboxylic acids is 1. The third kappa shape index (κ3) is 5.55. The topological polar surface area (TPSA) is 76.1 Å². The van der Waals surface area contributed by atoms with E-state index < -0.39 is 17.2 Å². The van der Waals surface area contributed by atoms with E-state index in [1.54, 1.807) is 0 Å². The number of hydrogen-bond acceptors (Lipinski definition) is 4. The molecule has 0 radical (unpaired) electrons. The van der Waals surface area contributed by atoms with Crippen molar-refractivity contribution in [1.82, 2.24) is 4.90 Å². The summed E-state index contributed by atoms with van der Waals surface area (Å²) in [6, 6.07) is 8.00. The lowest BCUT2D eigenvalue weighted by atomic mass is 9.63. The highest BCUT2D eigenvalue weighted by molar-refractivity contribution is 9.10. The molecule has 1 aromatic rings. The van der Waals surface area contributed by atoms with Crippen molar-refractivity contribution in [2.45, 2.75) is 70.5 Å². The molecule has 1 saturated heterocycles. The summed E-state index contributed by atoms with van der Waals surface area (Å²) >= 11 is 3.46. The number of piperidine rings is 1. The van der Waals surface area contributed by atoms with E-state index in [1.807, 2.05) is 49.9 Å². The van der Waals surface area contributed by atoms with Crippen molar-refractivity contribution in [3.05, 3.63) is 34.3 Å². The van der Waals surface area contributed by atoms with Crippen molar-refractivity contribution in [2.24, 2.45) is 5.41 Å². The third-order valence-corrected chi connectivity index (χ3v) is 6.97. The second-order valence-corrected chi connectivity index (χ2v) is 10.6. The van der Waals surface area contributed by atoms with Crippen LogP contribution >= 0.6 is 15.9 Å². The summed E-state index contributed by atoms with van der Waals surface area (Å²) < 4.78 is 12.5.